The second-order valence-electron chi connectivity index (χ2n) is 2.27. The summed E-state index contributed by atoms with van der Waals surface area (Å²) in [5, 5.41) is 9.04. The Morgan fingerprint density at radius 2 is 2.23 bits per heavy atom. The Morgan fingerprint density at radius 3 is 2.62 bits per heavy atom. The topological polar surface area (TPSA) is 62.3 Å². The van der Waals surface area contributed by atoms with E-state index in [-0.39, 0.29) is 5.75 Å². The van der Waals surface area contributed by atoms with E-state index in [1.807, 2.05) is 4.98 Å². The Morgan fingerprint density at radius 1 is 1.62 bits per heavy atom. The number of rotatable bonds is 2. The third-order valence-electron chi connectivity index (χ3n) is 1.43. The molecule has 0 aromatic carbocycles. The van der Waals surface area contributed by atoms with Crippen LogP contribution in [0.3, 0.4) is 0 Å². The van der Waals surface area contributed by atoms with Crippen molar-refractivity contribution < 1.29 is 18.6 Å². The van der Waals surface area contributed by atoms with Crippen molar-refractivity contribution in [2.24, 2.45) is 0 Å². The molecule has 1 heterocycles. The minimum atomic E-state index is -2.83. The van der Waals surface area contributed by atoms with Crippen LogP contribution in [-0.2, 0) is 0 Å². The number of aromatic nitrogens is 1. The summed E-state index contributed by atoms with van der Waals surface area (Å²) in [4.78, 5) is 12.8. The highest BCUT2D eigenvalue weighted by atomic mass is 19.3. The first-order valence-electron chi connectivity index (χ1n) is 3.34. The van der Waals surface area contributed by atoms with E-state index in [1.54, 1.807) is 0 Å². The molecule has 6 heteroatoms. The van der Waals surface area contributed by atoms with Crippen LogP contribution in [0.4, 0.5) is 8.78 Å². The van der Waals surface area contributed by atoms with E-state index in [1.165, 1.54) is 0 Å². The van der Waals surface area contributed by atoms with Crippen LogP contribution in [0.25, 0.3) is 0 Å². The van der Waals surface area contributed by atoms with Crippen LogP contribution in [0.1, 0.15) is 12.1 Å². The van der Waals surface area contributed by atoms with E-state index in [0.717, 1.165) is 13.2 Å². The molecular weight excluding hydrogens is 184 g/mol. The molecular formula is C7H7F2NO3. The number of hydrogen-bond acceptors (Lipinski definition) is 3. The van der Waals surface area contributed by atoms with Gasteiger partial charge in [0, 0.05) is 6.07 Å². The van der Waals surface area contributed by atoms with Gasteiger partial charge in [0.15, 0.2) is 5.75 Å². The van der Waals surface area contributed by atoms with Crippen LogP contribution < -0.4 is 10.3 Å². The molecule has 13 heavy (non-hydrogen) atoms. The number of H-pyrrole nitrogens is 1. The summed E-state index contributed by atoms with van der Waals surface area (Å²) in [5.41, 5.74) is -1.51. The van der Waals surface area contributed by atoms with E-state index < -0.39 is 23.4 Å². The molecule has 0 spiro atoms. The molecule has 0 aliphatic heterocycles. The van der Waals surface area contributed by atoms with E-state index in [4.69, 9.17) is 5.11 Å². The first-order chi connectivity index (χ1) is 6.06. The van der Waals surface area contributed by atoms with E-state index >= 15 is 0 Å². The fourth-order valence-corrected chi connectivity index (χ4v) is 0.868. The van der Waals surface area contributed by atoms with Crippen molar-refractivity contribution in [2.75, 3.05) is 7.11 Å². The Balaban J connectivity index is 3.29. The molecule has 2 N–H and O–H groups in total. The number of alkyl halides is 2. The lowest BCUT2D eigenvalue weighted by molar-refractivity contribution is 0.145. The molecule has 0 atom stereocenters. The van der Waals surface area contributed by atoms with Gasteiger partial charge in [-0.3, -0.25) is 4.79 Å². The summed E-state index contributed by atoms with van der Waals surface area (Å²) < 4.78 is 28.6. The standard InChI is InChI=1S/C7H7F2NO3/c1-13-5-4(11)2-3(6(8)9)10-7(5)12/h2,6H,1H3,(H2,10,11,12). The number of methoxy groups -OCH3 is 1. The van der Waals surface area contributed by atoms with Crippen molar-refractivity contribution >= 4 is 0 Å². The summed E-state index contributed by atoms with van der Waals surface area (Å²) in [7, 11) is 1.16. The quantitative estimate of drug-likeness (QED) is 0.733. The predicted molar refractivity (Wildman–Crippen MR) is 40.2 cm³/mol. The lowest BCUT2D eigenvalue weighted by Gasteiger charge is -2.04. The minimum absolute atomic E-state index is 0.371. The third-order valence-corrected chi connectivity index (χ3v) is 1.43. The monoisotopic (exact) mass is 191 g/mol. The third kappa shape index (κ3) is 1.77. The zero-order valence-electron chi connectivity index (χ0n) is 6.67. The molecule has 4 nitrogen and oxygen atoms in total. The summed E-state index contributed by atoms with van der Waals surface area (Å²) in [6.45, 7) is 0. The van der Waals surface area contributed by atoms with Gasteiger partial charge < -0.3 is 14.8 Å². The molecule has 0 fully saturated rings. The van der Waals surface area contributed by atoms with Crippen LogP contribution in [0.2, 0.25) is 0 Å². The molecule has 1 aromatic rings. The average Bonchev–Trinajstić information content (AvgIpc) is 2.03. The second kappa shape index (κ2) is 3.42. The van der Waals surface area contributed by atoms with Gasteiger partial charge in [-0.05, 0) is 0 Å². The molecule has 0 aliphatic rings. The normalized spacial score (nSPS) is 10.5. The maximum absolute atomic E-state index is 12.0. The van der Waals surface area contributed by atoms with Crippen LogP contribution in [-0.4, -0.2) is 17.2 Å². The van der Waals surface area contributed by atoms with Crippen molar-refractivity contribution in [3.8, 4) is 11.5 Å². The highest BCUT2D eigenvalue weighted by Gasteiger charge is 2.14. The number of halogens is 2. The Kier molecular flexibility index (Phi) is 2.50. The van der Waals surface area contributed by atoms with Gasteiger partial charge in [-0.25, -0.2) is 8.78 Å². The van der Waals surface area contributed by atoms with Crippen LogP contribution in [0, 0.1) is 0 Å². The fraction of sp³-hybridized carbons (Fsp3) is 0.286. The highest BCUT2D eigenvalue weighted by Crippen LogP contribution is 2.24. The predicted octanol–water partition coefficient (Wildman–Crippen LogP) is 1.03. The molecule has 72 valence electrons. The Hall–Kier alpha value is -1.59. The highest BCUT2D eigenvalue weighted by molar-refractivity contribution is 5.37. The molecule has 0 aliphatic carbocycles. The summed E-state index contributed by atoms with van der Waals surface area (Å²) in [5.74, 6) is -0.967. The van der Waals surface area contributed by atoms with Gasteiger partial charge in [0.1, 0.15) is 0 Å². The smallest absolute Gasteiger partial charge is 0.294 e. The maximum atomic E-state index is 12.0. The Bertz CT molecular complexity index is 361. The zero-order chi connectivity index (χ0) is 10.0. The van der Waals surface area contributed by atoms with Crippen molar-refractivity contribution in [3.63, 3.8) is 0 Å². The SMILES string of the molecule is COc1c(O)cc(C(F)F)[nH]c1=O. The van der Waals surface area contributed by atoms with Crippen LogP contribution >= 0.6 is 0 Å². The number of aromatic amines is 1. The lowest BCUT2D eigenvalue weighted by Crippen LogP contribution is -2.11. The van der Waals surface area contributed by atoms with Crippen molar-refractivity contribution in [3.05, 3.63) is 22.1 Å². The number of aromatic hydroxyl groups is 1. The molecule has 0 saturated heterocycles. The number of pyridine rings is 1. The maximum Gasteiger partial charge on any atom is 0.294 e. The van der Waals surface area contributed by atoms with Crippen LogP contribution in [0.5, 0.6) is 11.5 Å². The first kappa shape index (κ1) is 9.50. The van der Waals surface area contributed by atoms with Crippen molar-refractivity contribution in [2.45, 2.75) is 6.43 Å². The van der Waals surface area contributed by atoms with E-state index in [2.05, 4.69) is 4.74 Å². The number of nitrogens with one attached hydrogen (secondary N) is 1. The van der Waals surface area contributed by atoms with E-state index in [9.17, 15) is 13.6 Å². The van der Waals surface area contributed by atoms with Gasteiger partial charge >= 0.3 is 0 Å². The summed E-state index contributed by atoms with van der Waals surface area (Å²) >= 11 is 0. The van der Waals surface area contributed by atoms with Gasteiger partial charge in [-0.1, -0.05) is 0 Å². The molecule has 1 rings (SSSR count). The van der Waals surface area contributed by atoms with Gasteiger partial charge in [0.05, 0.1) is 12.8 Å². The fourth-order valence-electron chi connectivity index (χ4n) is 0.868. The second-order valence-corrected chi connectivity index (χ2v) is 2.27. The molecule has 0 saturated carbocycles. The lowest BCUT2D eigenvalue weighted by atomic mass is 10.3. The number of hydrogen-bond donors (Lipinski definition) is 2. The summed E-state index contributed by atoms with van der Waals surface area (Å²) in [6.07, 6.45) is -2.83. The molecule has 0 bridgehead atoms. The molecule has 1 aromatic heterocycles. The largest absolute Gasteiger partial charge is 0.504 e. The Labute approximate surface area is 71.8 Å². The van der Waals surface area contributed by atoms with E-state index in [0.29, 0.717) is 0 Å². The average molecular weight is 191 g/mol. The van der Waals surface area contributed by atoms with Gasteiger partial charge in [0.25, 0.3) is 12.0 Å². The van der Waals surface area contributed by atoms with Gasteiger partial charge in [0.2, 0.25) is 5.75 Å². The first-order valence-corrected chi connectivity index (χ1v) is 3.34. The van der Waals surface area contributed by atoms with Crippen LogP contribution in [0.15, 0.2) is 10.9 Å². The number of ether oxygens (including phenoxy) is 1. The zero-order valence-corrected chi connectivity index (χ0v) is 6.67. The van der Waals surface area contributed by atoms with Crippen molar-refractivity contribution in [1.29, 1.82) is 0 Å². The minimum Gasteiger partial charge on any atom is -0.504 e. The molecule has 0 amide bonds. The van der Waals surface area contributed by atoms with Gasteiger partial charge in [-0.2, -0.15) is 0 Å². The van der Waals surface area contributed by atoms with Crippen molar-refractivity contribution in [1.82, 2.24) is 4.98 Å². The molecule has 0 unspecified atom stereocenters. The van der Waals surface area contributed by atoms with Gasteiger partial charge in [-0.15, -0.1) is 0 Å². The summed E-state index contributed by atoms with van der Waals surface area (Å²) in [6, 6.07) is 0.755. The molecule has 0 radical (unpaired) electrons.